The van der Waals surface area contributed by atoms with E-state index in [-0.39, 0.29) is 12.0 Å². The molecule has 2 aromatic carbocycles. The number of hydrogen-bond acceptors (Lipinski definition) is 3. The van der Waals surface area contributed by atoms with Crippen molar-refractivity contribution in [3.8, 4) is 0 Å². The Morgan fingerprint density at radius 1 is 1.14 bits per heavy atom. The minimum atomic E-state index is -4.37. The van der Waals surface area contributed by atoms with Crippen LogP contribution in [0.15, 0.2) is 54.6 Å². The quantitative estimate of drug-likeness (QED) is 0.774. The van der Waals surface area contributed by atoms with Crippen molar-refractivity contribution in [1.29, 1.82) is 0 Å². The third kappa shape index (κ3) is 4.73. The van der Waals surface area contributed by atoms with Gasteiger partial charge in [0.25, 0.3) is 0 Å². The van der Waals surface area contributed by atoms with Gasteiger partial charge in [-0.1, -0.05) is 49.4 Å². The van der Waals surface area contributed by atoms with E-state index in [1.807, 2.05) is 30.3 Å². The van der Waals surface area contributed by atoms with E-state index in [4.69, 9.17) is 0 Å². The zero-order valence-electron chi connectivity index (χ0n) is 15.7. The van der Waals surface area contributed by atoms with Crippen molar-refractivity contribution in [1.82, 2.24) is 4.90 Å². The second-order valence-corrected chi connectivity index (χ2v) is 7.48. The molecule has 1 unspecified atom stereocenters. The van der Waals surface area contributed by atoms with Gasteiger partial charge in [0.2, 0.25) is 0 Å². The van der Waals surface area contributed by atoms with Crippen LogP contribution in [0.1, 0.15) is 42.5 Å². The molecule has 1 heterocycles. The number of alkyl halides is 3. The summed E-state index contributed by atoms with van der Waals surface area (Å²) in [4.78, 5) is 13.5. The van der Waals surface area contributed by atoms with Gasteiger partial charge in [0, 0.05) is 18.6 Å². The Morgan fingerprint density at radius 3 is 2.36 bits per heavy atom. The topological polar surface area (TPSA) is 43.4 Å². The van der Waals surface area contributed by atoms with Gasteiger partial charge in [-0.05, 0) is 54.5 Å². The molecule has 28 heavy (non-hydrogen) atoms. The molecule has 0 spiro atoms. The van der Waals surface area contributed by atoms with Crippen LogP contribution >= 0.6 is 0 Å². The summed E-state index contributed by atoms with van der Waals surface area (Å²) in [6.07, 6.45) is -3.08. The van der Waals surface area contributed by atoms with Crippen LogP contribution in [0, 0.1) is 11.8 Å². The fourth-order valence-electron chi connectivity index (χ4n) is 3.94. The van der Waals surface area contributed by atoms with Crippen LogP contribution in [-0.2, 0) is 17.5 Å². The molecule has 0 saturated carbocycles. The molecule has 0 bridgehead atoms. The predicted molar refractivity (Wildman–Crippen MR) is 97.9 cm³/mol. The Bertz CT molecular complexity index is 790. The Hall–Kier alpha value is -2.34. The lowest BCUT2D eigenvalue weighted by Gasteiger charge is -2.42. The van der Waals surface area contributed by atoms with Gasteiger partial charge in [-0.3, -0.25) is 4.90 Å². The average Bonchev–Trinajstić information content (AvgIpc) is 2.68. The Labute approximate surface area is 162 Å². The van der Waals surface area contributed by atoms with Crippen LogP contribution in [0.25, 0.3) is 0 Å². The average molecular weight is 390 g/mol. The number of carboxylic acid groups (broad SMARTS) is 1. The molecule has 1 aliphatic heterocycles. The summed E-state index contributed by atoms with van der Waals surface area (Å²) in [5, 5.41) is 11.3. The van der Waals surface area contributed by atoms with Crippen molar-refractivity contribution >= 4 is 5.97 Å². The molecule has 0 amide bonds. The van der Waals surface area contributed by atoms with E-state index in [2.05, 4.69) is 4.90 Å². The van der Waals surface area contributed by atoms with Crippen molar-refractivity contribution in [3.05, 3.63) is 71.3 Å². The van der Waals surface area contributed by atoms with Crippen molar-refractivity contribution in [2.75, 3.05) is 6.54 Å². The van der Waals surface area contributed by atoms with Crippen LogP contribution in [-0.4, -0.2) is 17.4 Å². The molecular weight excluding hydrogens is 367 g/mol. The van der Waals surface area contributed by atoms with E-state index in [9.17, 15) is 23.1 Å². The first-order valence-corrected chi connectivity index (χ1v) is 9.41. The normalized spacial score (nSPS) is 22.0. The molecule has 3 nitrogen and oxygen atoms in total. The van der Waals surface area contributed by atoms with Gasteiger partial charge in [0.05, 0.1) is 5.56 Å². The molecule has 3 rings (SSSR count). The highest BCUT2D eigenvalue weighted by atomic mass is 19.4. The maximum absolute atomic E-state index is 12.9. The molecule has 0 N–H and O–H groups in total. The molecule has 0 aromatic heterocycles. The summed E-state index contributed by atoms with van der Waals surface area (Å²) in [6.45, 7) is 3.00. The standard InChI is InChI=1S/C22H24F3NO2/c1-15(21(27)28)18-11-12-26(14-16-5-3-2-4-6-16)20(13-18)17-7-9-19(10-8-17)22(23,24)25/h2-10,15,18,20H,11-14H2,1H3,(H,27,28)/p-1/t15?,18-,20+/m0/s1. The Balaban J connectivity index is 1.86. The van der Waals surface area contributed by atoms with Crippen LogP contribution in [0.4, 0.5) is 13.2 Å². The first kappa shape index (κ1) is 20.4. The molecule has 0 radical (unpaired) electrons. The minimum Gasteiger partial charge on any atom is -0.550 e. The number of halogens is 3. The third-order valence-corrected chi connectivity index (χ3v) is 5.68. The summed E-state index contributed by atoms with van der Waals surface area (Å²) < 4.78 is 38.7. The van der Waals surface area contributed by atoms with E-state index < -0.39 is 23.6 Å². The molecule has 3 atom stereocenters. The zero-order chi connectivity index (χ0) is 20.3. The predicted octanol–water partition coefficient (Wildman–Crippen LogP) is 4.04. The largest absolute Gasteiger partial charge is 0.550 e. The fraction of sp³-hybridized carbons (Fsp3) is 0.409. The number of piperidine rings is 1. The van der Waals surface area contributed by atoms with Gasteiger partial charge in [-0.15, -0.1) is 0 Å². The lowest BCUT2D eigenvalue weighted by Crippen LogP contribution is -2.42. The molecule has 6 heteroatoms. The third-order valence-electron chi connectivity index (χ3n) is 5.68. The van der Waals surface area contributed by atoms with E-state index in [0.717, 1.165) is 29.7 Å². The molecule has 2 aromatic rings. The summed E-state index contributed by atoms with van der Waals surface area (Å²) in [5.74, 6) is -1.73. The van der Waals surface area contributed by atoms with E-state index in [0.29, 0.717) is 19.5 Å². The van der Waals surface area contributed by atoms with E-state index in [1.165, 1.54) is 12.1 Å². The minimum absolute atomic E-state index is 0.0654. The number of rotatable bonds is 5. The van der Waals surface area contributed by atoms with Crippen LogP contribution in [0.3, 0.4) is 0 Å². The molecule has 1 saturated heterocycles. The summed E-state index contributed by atoms with van der Waals surface area (Å²) in [7, 11) is 0. The summed E-state index contributed by atoms with van der Waals surface area (Å²) in [6, 6.07) is 15.0. The lowest BCUT2D eigenvalue weighted by atomic mass is 9.79. The van der Waals surface area contributed by atoms with Gasteiger partial charge < -0.3 is 9.90 Å². The maximum atomic E-state index is 12.9. The Kier molecular flexibility index (Phi) is 6.08. The van der Waals surface area contributed by atoms with Crippen molar-refractivity contribution in [3.63, 3.8) is 0 Å². The molecule has 150 valence electrons. The van der Waals surface area contributed by atoms with Crippen LogP contribution in [0.2, 0.25) is 0 Å². The van der Waals surface area contributed by atoms with Gasteiger partial charge in [0.1, 0.15) is 0 Å². The van der Waals surface area contributed by atoms with E-state index >= 15 is 0 Å². The van der Waals surface area contributed by atoms with Crippen LogP contribution in [0.5, 0.6) is 0 Å². The van der Waals surface area contributed by atoms with Gasteiger partial charge in [-0.2, -0.15) is 13.2 Å². The van der Waals surface area contributed by atoms with Crippen molar-refractivity contribution in [2.45, 2.75) is 38.5 Å². The highest BCUT2D eigenvalue weighted by Gasteiger charge is 2.34. The first-order valence-electron chi connectivity index (χ1n) is 9.41. The number of benzene rings is 2. The molecular formula is C22H23F3NO2-. The summed E-state index contributed by atoms with van der Waals surface area (Å²) in [5.41, 5.74) is 1.21. The fourth-order valence-corrected chi connectivity index (χ4v) is 3.94. The molecule has 1 aliphatic rings. The number of carbonyl (C=O) groups is 1. The Morgan fingerprint density at radius 2 is 1.79 bits per heavy atom. The van der Waals surface area contributed by atoms with Gasteiger partial charge in [-0.25, -0.2) is 0 Å². The monoisotopic (exact) mass is 390 g/mol. The van der Waals surface area contributed by atoms with Crippen LogP contribution < -0.4 is 5.11 Å². The number of carbonyl (C=O) groups excluding carboxylic acids is 1. The molecule has 1 fully saturated rings. The summed E-state index contributed by atoms with van der Waals surface area (Å²) >= 11 is 0. The van der Waals surface area contributed by atoms with Gasteiger partial charge in [0.15, 0.2) is 0 Å². The first-order chi connectivity index (χ1) is 13.3. The van der Waals surface area contributed by atoms with E-state index in [1.54, 1.807) is 6.92 Å². The number of aliphatic carboxylic acids is 1. The van der Waals surface area contributed by atoms with Crippen molar-refractivity contribution < 1.29 is 23.1 Å². The molecule has 0 aliphatic carbocycles. The lowest BCUT2D eigenvalue weighted by molar-refractivity contribution is -0.313. The van der Waals surface area contributed by atoms with Crippen molar-refractivity contribution in [2.24, 2.45) is 11.8 Å². The number of carboxylic acids is 1. The highest BCUT2D eigenvalue weighted by Crippen LogP contribution is 2.39. The zero-order valence-corrected chi connectivity index (χ0v) is 15.7. The number of likely N-dealkylation sites (tertiary alicyclic amines) is 1. The SMILES string of the molecule is CC(C(=O)[O-])[C@H]1CCN(Cc2ccccc2)[C@@H](c2ccc(C(F)(F)F)cc2)C1. The van der Waals surface area contributed by atoms with Gasteiger partial charge >= 0.3 is 6.18 Å². The second-order valence-electron chi connectivity index (χ2n) is 7.48. The maximum Gasteiger partial charge on any atom is 0.416 e. The number of nitrogens with zero attached hydrogens (tertiary/aromatic N) is 1. The number of hydrogen-bond donors (Lipinski definition) is 0. The smallest absolute Gasteiger partial charge is 0.416 e. The second kappa shape index (κ2) is 8.35. The highest BCUT2D eigenvalue weighted by molar-refractivity contribution is 5.67.